The van der Waals surface area contributed by atoms with Crippen LogP contribution in [0.5, 0.6) is 5.75 Å². The second-order valence-electron chi connectivity index (χ2n) is 8.96. The molecule has 4 rings (SSSR count). The molecule has 3 heterocycles. The van der Waals surface area contributed by atoms with Crippen LogP contribution in [0.3, 0.4) is 0 Å². The Balaban J connectivity index is 1.53. The summed E-state index contributed by atoms with van der Waals surface area (Å²) in [7, 11) is 1.84. The number of aromatic nitrogens is 2. The van der Waals surface area contributed by atoms with E-state index in [1.54, 1.807) is 9.58 Å². The summed E-state index contributed by atoms with van der Waals surface area (Å²) in [5.74, 6) is 0.935. The van der Waals surface area contributed by atoms with E-state index in [0.717, 1.165) is 43.7 Å². The number of rotatable bonds is 1. The number of amides is 2. The summed E-state index contributed by atoms with van der Waals surface area (Å²) in [5.41, 5.74) is 2.60. The fraction of sp³-hybridized carbons (Fsp3) is 0.560. The first kappa shape index (κ1) is 22.4. The standard InChI is InChI=1S/C25H34N4O3/c1-19-17-23(26-27(19)2)25(31)28-13-6-10-24(30)29-14-4-3-8-21(29)12-11-20-7-5-9-22(18-20)32-16-15-28/h5,7,9,17-18,21H,3-4,6,8,10-16H2,1-2H3. The monoisotopic (exact) mass is 438 g/mol. The van der Waals surface area contributed by atoms with Gasteiger partial charge < -0.3 is 14.5 Å². The van der Waals surface area contributed by atoms with E-state index in [-0.39, 0.29) is 11.8 Å². The highest BCUT2D eigenvalue weighted by atomic mass is 16.5. The van der Waals surface area contributed by atoms with Crippen LogP contribution in [-0.2, 0) is 18.3 Å². The van der Waals surface area contributed by atoms with E-state index in [1.807, 2.05) is 32.2 Å². The molecule has 2 amide bonds. The van der Waals surface area contributed by atoms with Crippen molar-refractivity contribution in [2.24, 2.45) is 7.05 Å². The Bertz CT molecular complexity index is 935. The van der Waals surface area contributed by atoms with E-state index in [0.29, 0.717) is 44.3 Å². The van der Waals surface area contributed by atoms with Crippen molar-refractivity contribution in [1.29, 1.82) is 0 Å². The zero-order chi connectivity index (χ0) is 22.5. The van der Waals surface area contributed by atoms with Crippen molar-refractivity contribution in [1.82, 2.24) is 19.6 Å². The number of carbonyl (C=O) groups excluding carboxylic acids is 2. The topological polar surface area (TPSA) is 67.7 Å². The van der Waals surface area contributed by atoms with E-state index in [9.17, 15) is 9.59 Å². The summed E-state index contributed by atoms with van der Waals surface area (Å²) in [6.45, 7) is 4.16. The van der Waals surface area contributed by atoms with Gasteiger partial charge in [-0.15, -0.1) is 0 Å². The van der Waals surface area contributed by atoms with E-state index >= 15 is 0 Å². The van der Waals surface area contributed by atoms with Crippen LogP contribution < -0.4 is 4.74 Å². The molecule has 0 radical (unpaired) electrons. The summed E-state index contributed by atoms with van der Waals surface area (Å²) in [6.07, 6.45) is 6.38. The molecule has 1 atom stereocenters. The van der Waals surface area contributed by atoms with Crippen molar-refractivity contribution >= 4 is 11.8 Å². The van der Waals surface area contributed by atoms with Crippen LogP contribution in [0.15, 0.2) is 30.3 Å². The molecule has 0 N–H and O–H groups in total. The lowest BCUT2D eigenvalue weighted by Gasteiger charge is -2.36. The number of fused-ring (bicyclic) bond motifs is 3. The number of nitrogens with zero attached hydrogens (tertiary/aromatic N) is 4. The largest absolute Gasteiger partial charge is 0.492 e. The van der Waals surface area contributed by atoms with Crippen LogP contribution in [0.1, 0.15) is 60.3 Å². The van der Waals surface area contributed by atoms with Gasteiger partial charge in [0.1, 0.15) is 12.4 Å². The Labute approximate surface area is 190 Å². The lowest BCUT2D eigenvalue weighted by atomic mass is 9.95. The van der Waals surface area contributed by atoms with Gasteiger partial charge in [-0.05, 0) is 69.2 Å². The predicted octanol–water partition coefficient (Wildman–Crippen LogP) is 3.36. The van der Waals surface area contributed by atoms with Gasteiger partial charge in [-0.3, -0.25) is 14.3 Å². The van der Waals surface area contributed by atoms with Crippen LogP contribution in [0.25, 0.3) is 0 Å². The van der Waals surface area contributed by atoms with Crippen molar-refractivity contribution in [3.63, 3.8) is 0 Å². The molecule has 1 aromatic heterocycles. The third kappa shape index (κ3) is 5.31. The van der Waals surface area contributed by atoms with Crippen molar-refractivity contribution in [3.05, 3.63) is 47.3 Å². The van der Waals surface area contributed by atoms with E-state index in [2.05, 4.69) is 22.1 Å². The predicted molar refractivity (Wildman–Crippen MR) is 123 cm³/mol. The molecule has 2 aliphatic rings. The Morgan fingerprint density at radius 2 is 1.94 bits per heavy atom. The molecule has 172 valence electrons. The van der Waals surface area contributed by atoms with Crippen molar-refractivity contribution in [3.8, 4) is 5.75 Å². The molecule has 0 spiro atoms. The van der Waals surface area contributed by atoms with Gasteiger partial charge in [0.2, 0.25) is 5.91 Å². The Hall–Kier alpha value is -2.83. The molecule has 7 heteroatoms. The fourth-order valence-electron chi connectivity index (χ4n) is 4.73. The molecule has 2 bridgehead atoms. The highest BCUT2D eigenvalue weighted by Gasteiger charge is 2.27. The van der Waals surface area contributed by atoms with Gasteiger partial charge in [0, 0.05) is 38.3 Å². The number of piperidine rings is 1. The molecule has 1 fully saturated rings. The maximum Gasteiger partial charge on any atom is 0.274 e. The zero-order valence-corrected chi connectivity index (χ0v) is 19.3. The number of aryl methyl sites for hydroxylation is 3. The average molecular weight is 439 g/mol. The van der Waals surface area contributed by atoms with Gasteiger partial charge in [0.15, 0.2) is 5.69 Å². The third-order valence-electron chi connectivity index (χ3n) is 6.68. The normalized spacial score (nSPS) is 20.7. The van der Waals surface area contributed by atoms with Gasteiger partial charge >= 0.3 is 0 Å². The number of benzene rings is 1. The molecule has 0 saturated carbocycles. The van der Waals surface area contributed by atoms with E-state index in [1.165, 1.54) is 12.0 Å². The van der Waals surface area contributed by atoms with E-state index in [4.69, 9.17) is 4.74 Å². The highest BCUT2D eigenvalue weighted by molar-refractivity contribution is 5.92. The summed E-state index contributed by atoms with van der Waals surface area (Å²) >= 11 is 0. The lowest BCUT2D eigenvalue weighted by Crippen LogP contribution is -2.44. The number of hydrogen-bond acceptors (Lipinski definition) is 4. The van der Waals surface area contributed by atoms with Crippen LogP contribution in [-0.4, -0.2) is 63.7 Å². The second-order valence-corrected chi connectivity index (χ2v) is 8.96. The molecular formula is C25H34N4O3. The van der Waals surface area contributed by atoms with Gasteiger partial charge in [0.05, 0.1) is 6.54 Å². The molecule has 2 aliphatic heterocycles. The van der Waals surface area contributed by atoms with Gasteiger partial charge in [-0.1, -0.05) is 12.1 Å². The van der Waals surface area contributed by atoms with Gasteiger partial charge in [-0.25, -0.2) is 0 Å². The van der Waals surface area contributed by atoms with E-state index < -0.39 is 0 Å². The summed E-state index contributed by atoms with van der Waals surface area (Å²) in [6, 6.07) is 10.3. The highest BCUT2D eigenvalue weighted by Crippen LogP contribution is 2.24. The first-order valence-electron chi connectivity index (χ1n) is 11.8. The average Bonchev–Trinajstić information content (AvgIpc) is 3.14. The lowest BCUT2D eigenvalue weighted by molar-refractivity contribution is -0.135. The molecule has 0 aliphatic carbocycles. The Morgan fingerprint density at radius 3 is 2.75 bits per heavy atom. The maximum atomic E-state index is 13.1. The fourth-order valence-corrected chi connectivity index (χ4v) is 4.73. The number of hydrogen-bond donors (Lipinski definition) is 0. The quantitative estimate of drug-likeness (QED) is 0.685. The molecule has 32 heavy (non-hydrogen) atoms. The zero-order valence-electron chi connectivity index (χ0n) is 19.3. The second kappa shape index (κ2) is 10.2. The maximum absolute atomic E-state index is 13.1. The van der Waals surface area contributed by atoms with Crippen molar-refractivity contribution in [2.75, 3.05) is 26.2 Å². The van der Waals surface area contributed by atoms with Crippen molar-refractivity contribution < 1.29 is 14.3 Å². The molecular weight excluding hydrogens is 404 g/mol. The van der Waals surface area contributed by atoms with Crippen LogP contribution in [0, 0.1) is 6.92 Å². The smallest absolute Gasteiger partial charge is 0.274 e. The minimum atomic E-state index is -0.112. The van der Waals surface area contributed by atoms with Crippen LogP contribution in [0.4, 0.5) is 0 Å². The molecule has 2 aromatic rings. The molecule has 1 unspecified atom stereocenters. The van der Waals surface area contributed by atoms with Crippen LogP contribution >= 0.6 is 0 Å². The minimum absolute atomic E-state index is 0.112. The van der Waals surface area contributed by atoms with Gasteiger partial charge in [-0.2, -0.15) is 5.10 Å². The van der Waals surface area contributed by atoms with Gasteiger partial charge in [0.25, 0.3) is 5.91 Å². The summed E-state index contributed by atoms with van der Waals surface area (Å²) < 4.78 is 7.71. The number of ether oxygens (including phenoxy) is 1. The molecule has 7 nitrogen and oxygen atoms in total. The van der Waals surface area contributed by atoms with Crippen molar-refractivity contribution in [2.45, 2.75) is 57.9 Å². The summed E-state index contributed by atoms with van der Waals surface area (Å²) in [5, 5.41) is 4.35. The summed E-state index contributed by atoms with van der Waals surface area (Å²) in [4.78, 5) is 30.1. The first-order chi connectivity index (χ1) is 15.5. The molecule has 1 saturated heterocycles. The minimum Gasteiger partial charge on any atom is -0.492 e. The molecule has 1 aromatic carbocycles. The Morgan fingerprint density at radius 1 is 1.06 bits per heavy atom. The SMILES string of the molecule is Cc1cc(C(=O)N2CCCC(=O)N3CCCCC3CCc3cccc(c3)OCC2)nn1C. The third-order valence-corrected chi connectivity index (χ3v) is 6.68. The first-order valence-corrected chi connectivity index (χ1v) is 11.8. The number of carbonyl (C=O) groups is 2. The van der Waals surface area contributed by atoms with Crippen LogP contribution in [0.2, 0.25) is 0 Å². The Kier molecular flexibility index (Phi) is 7.12.